The summed E-state index contributed by atoms with van der Waals surface area (Å²) in [6.07, 6.45) is -0.977. The van der Waals surface area contributed by atoms with E-state index in [0.717, 1.165) is 10.2 Å². The first-order chi connectivity index (χ1) is 13.0. The number of halogens is 1. The predicted octanol–water partition coefficient (Wildman–Crippen LogP) is 1.90. The molecule has 7 heteroatoms. The Kier molecular flexibility index (Phi) is 5.73. The molecule has 0 saturated carbocycles. The molecule has 27 heavy (non-hydrogen) atoms. The van der Waals surface area contributed by atoms with Crippen molar-refractivity contribution in [3.05, 3.63) is 88.5 Å². The zero-order valence-electron chi connectivity index (χ0n) is 14.4. The van der Waals surface area contributed by atoms with Gasteiger partial charge in [0.15, 0.2) is 0 Å². The fourth-order valence-electron chi connectivity index (χ4n) is 2.53. The Morgan fingerprint density at radius 1 is 1.07 bits per heavy atom. The number of carbonyl (C=O) groups excluding carboxylic acids is 1. The van der Waals surface area contributed by atoms with Crippen LogP contribution in [0.3, 0.4) is 0 Å². The van der Waals surface area contributed by atoms with Gasteiger partial charge in [0.1, 0.15) is 12.4 Å². The van der Waals surface area contributed by atoms with E-state index >= 15 is 0 Å². The van der Waals surface area contributed by atoms with Crippen LogP contribution >= 0.6 is 0 Å². The normalized spacial score (nSPS) is 11.8. The molecule has 1 unspecified atom stereocenters. The van der Waals surface area contributed by atoms with Gasteiger partial charge in [-0.25, -0.2) is 9.07 Å². The van der Waals surface area contributed by atoms with E-state index in [2.05, 4.69) is 10.4 Å². The smallest absolute Gasteiger partial charge is 0.267 e. The van der Waals surface area contributed by atoms with Gasteiger partial charge < -0.3 is 10.4 Å². The van der Waals surface area contributed by atoms with Gasteiger partial charge in [0.25, 0.3) is 5.56 Å². The van der Waals surface area contributed by atoms with Crippen LogP contribution in [-0.2, 0) is 11.3 Å². The van der Waals surface area contributed by atoms with Crippen molar-refractivity contribution in [2.75, 3.05) is 6.54 Å². The molecule has 0 spiro atoms. The molecule has 1 amide bonds. The number of hydrogen-bond donors (Lipinski definition) is 2. The number of aromatic nitrogens is 2. The Morgan fingerprint density at radius 3 is 2.48 bits per heavy atom. The minimum Gasteiger partial charge on any atom is -0.387 e. The molecule has 1 atom stereocenters. The molecule has 2 aromatic carbocycles. The second-order valence-corrected chi connectivity index (χ2v) is 5.95. The molecule has 0 saturated heterocycles. The van der Waals surface area contributed by atoms with Crippen molar-refractivity contribution < 1.29 is 14.3 Å². The Morgan fingerprint density at radius 2 is 1.78 bits per heavy atom. The van der Waals surface area contributed by atoms with Crippen molar-refractivity contribution in [1.82, 2.24) is 15.1 Å². The third kappa shape index (κ3) is 4.86. The lowest BCUT2D eigenvalue weighted by Crippen LogP contribution is -2.35. The maximum absolute atomic E-state index is 12.9. The van der Waals surface area contributed by atoms with Crippen LogP contribution in [0.15, 0.2) is 71.5 Å². The first-order valence-corrected chi connectivity index (χ1v) is 8.37. The fraction of sp³-hybridized carbons (Fsp3) is 0.150. The molecule has 1 aromatic heterocycles. The number of nitrogens with zero attached hydrogens (tertiary/aromatic N) is 2. The summed E-state index contributed by atoms with van der Waals surface area (Å²) in [5.41, 5.74) is 1.50. The van der Waals surface area contributed by atoms with E-state index in [0.29, 0.717) is 11.3 Å². The van der Waals surface area contributed by atoms with Crippen LogP contribution < -0.4 is 10.9 Å². The van der Waals surface area contributed by atoms with Crippen molar-refractivity contribution in [2.24, 2.45) is 0 Å². The van der Waals surface area contributed by atoms with Gasteiger partial charge in [0.05, 0.1) is 11.8 Å². The van der Waals surface area contributed by atoms with Gasteiger partial charge in [-0.15, -0.1) is 0 Å². The minimum absolute atomic E-state index is 0.0579. The maximum Gasteiger partial charge on any atom is 0.267 e. The highest BCUT2D eigenvalue weighted by molar-refractivity contribution is 5.75. The number of carbonyl (C=O) groups is 1. The lowest BCUT2D eigenvalue weighted by atomic mass is 10.1. The lowest BCUT2D eigenvalue weighted by molar-refractivity contribution is -0.122. The van der Waals surface area contributed by atoms with Crippen molar-refractivity contribution in [2.45, 2.75) is 12.6 Å². The molecular formula is C20H18FN3O3. The van der Waals surface area contributed by atoms with Gasteiger partial charge in [-0.05, 0) is 23.8 Å². The van der Waals surface area contributed by atoms with E-state index in [1.165, 1.54) is 30.3 Å². The van der Waals surface area contributed by atoms with Crippen molar-refractivity contribution >= 4 is 5.91 Å². The third-order valence-corrected chi connectivity index (χ3v) is 3.98. The third-order valence-electron chi connectivity index (χ3n) is 3.98. The Balaban J connectivity index is 1.64. The highest BCUT2D eigenvalue weighted by Gasteiger charge is 2.12. The number of rotatable bonds is 6. The number of aliphatic hydroxyl groups is 1. The summed E-state index contributed by atoms with van der Waals surface area (Å²) in [7, 11) is 0. The van der Waals surface area contributed by atoms with Gasteiger partial charge in [-0.3, -0.25) is 9.59 Å². The molecule has 138 valence electrons. The van der Waals surface area contributed by atoms with E-state index in [-0.39, 0.29) is 13.1 Å². The molecule has 0 bridgehead atoms. The van der Waals surface area contributed by atoms with E-state index in [9.17, 15) is 19.1 Å². The summed E-state index contributed by atoms with van der Waals surface area (Å²) < 4.78 is 14.0. The second kappa shape index (κ2) is 8.37. The number of aliphatic hydroxyl groups excluding tert-OH is 1. The van der Waals surface area contributed by atoms with Crippen LogP contribution in [0.4, 0.5) is 4.39 Å². The van der Waals surface area contributed by atoms with Gasteiger partial charge in [-0.2, -0.15) is 5.10 Å². The Bertz CT molecular complexity index is 972. The van der Waals surface area contributed by atoms with Crippen LogP contribution in [-0.4, -0.2) is 27.3 Å². The van der Waals surface area contributed by atoms with Crippen molar-refractivity contribution in [1.29, 1.82) is 0 Å². The van der Waals surface area contributed by atoms with E-state index in [1.807, 2.05) is 30.3 Å². The molecule has 6 nitrogen and oxygen atoms in total. The lowest BCUT2D eigenvalue weighted by Gasteiger charge is -2.13. The molecule has 2 N–H and O–H groups in total. The van der Waals surface area contributed by atoms with Gasteiger partial charge in [-0.1, -0.05) is 42.5 Å². The molecule has 0 aliphatic heterocycles. The largest absolute Gasteiger partial charge is 0.387 e. The van der Waals surface area contributed by atoms with Crippen LogP contribution in [0.2, 0.25) is 0 Å². The number of nitrogens with one attached hydrogen (secondary N) is 1. The van der Waals surface area contributed by atoms with Gasteiger partial charge in [0.2, 0.25) is 5.91 Å². The molecule has 0 aliphatic carbocycles. The maximum atomic E-state index is 12.9. The summed E-state index contributed by atoms with van der Waals surface area (Å²) in [4.78, 5) is 24.1. The number of benzene rings is 2. The monoisotopic (exact) mass is 367 g/mol. The fourth-order valence-corrected chi connectivity index (χ4v) is 2.53. The predicted molar refractivity (Wildman–Crippen MR) is 98.3 cm³/mol. The highest BCUT2D eigenvalue weighted by atomic mass is 19.1. The summed E-state index contributed by atoms with van der Waals surface area (Å²) in [6, 6.07) is 17.6. The average molecular weight is 367 g/mol. The van der Waals surface area contributed by atoms with E-state index in [1.54, 1.807) is 6.07 Å². The molecule has 1 heterocycles. The molecule has 3 aromatic rings. The Hall–Kier alpha value is -3.32. The standard InChI is InChI=1S/C20H18FN3O3/c21-16-8-6-15(7-9-16)18(25)12-22-19(26)13-24-20(27)11-10-17(23-24)14-4-2-1-3-5-14/h1-11,18,25H,12-13H2,(H,22,26). The van der Waals surface area contributed by atoms with E-state index in [4.69, 9.17) is 0 Å². The summed E-state index contributed by atoms with van der Waals surface area (Å²) in [6.45, 7) is -0.326. The van der Waals surface area contributed by atoms with Gasteiger partial charge >= 0.3 is 0 Å². The van der Waals surface area contributed by atoms with Crippen molar-refractivity contribution in [3.63, 3.8) is 0 Å². The molecule has 3 rings (SSSR count). The topological polar surface area (TPSA) is 84.2 Å². The van der Waals surface area contributed by atoms with Crippen LogP contribution in [0.25, 0.3) is 11.3 Å². The molecule has 0 aliphatic rings. The Labute approximate surface area is 154 Å². The van der Waals surface area contributed by atoms with Crippen LogP contribution in [0.1, 0.15) is 11.7 Å². The zero-order valence-corrected chi connectivity index (χ0v) is 14.4. The van der Waals surface area contributed by atoms with E-state index < -0.39 is 23.4 Å². The molecular weight excluding hydrogens is 349 g/mol. The summed E-state index contributed by atoms with van der Waals surface area (Å²) >= 11 is 0. The van der Waals surface area contributed by atoms with Crippen LogP contribution in [0.5, 0.6) is 0 Å². The van der Waals surface area contributed by atoms with Gasteiger partial charge in [0, 0.05) is 18.2 Å². The first kappa shape index (κ1) is 18.5. The molecule has 0 fully saturated rings. The first-order valence-electron chi connectivity index (χ1n) is 8.37. The average Bonchev–Trinajstić information content (AvgIpc) is 2.69. The zero-order chi connectivity index (χ0) is 19.2. The van der Waals surface area contributed by atoms with Crippen molar-refractivity contribution in [3.8, 4) is 11.3 Å². The SMILES string of the molecule is O=C(Cn1nc(-c2ccccc2)ccc1=O)NCC(O)c1ccc(F)cc1. The summed E-state index contributed by atoms with van der Waals surface area (Å²) in [5.74, 6) is -0.866. The minimum atomic E-state index is -0.977. The summed E-state index contributed by atoms with van der Waals surface area (Å²) in [5, 5.41) is 16.8. The molecule has 0 radical (unpaired) electrons. The second-order valence-electron chi connectivity index (χ2n) is 5.95. The number of hydrogen-bond acceptors (Lipinski definition) is 4. The van der Waals surface area contributed by atoms with Crippen LogP contribution in [0, 0.1) is 5.82 Å². The number of amides is 1. The quantitative estimate of drug-likeness (QED) is 0.697. The highest BCUT2D eigenvalue weighted by Crippen LogP contribution is 2.14.